The number of anilines is 1. The lowest BCUT2D eigenvalue weighted by molar-refractivity contribution is -0.384. The monoisotopic (exact) mass is 326 g/mol. The molecule has 1 saturated heterocycles. The van der Waals surface area contributed by atoms with Crippen LogP contribution in [0.2, 0.25) is 0 Å². The van der Waals surface area contributed by atoms with E-state index in [0.717, 1.165) is 36.4 Å². The number of rotatable bonds is 3. The van der Waals surface area contributed by atoms with Crippen molar-refractivity contribution < 1.29 is 14.4 Å². The minimum atomic E-state index is -0.315. The quantitative estimate of drug-likeness (QED) is 0.635. The van der Waals surface area contributed by atoms with E-state index in [2.05, 4.69) is 4.90 Å². The van der Waals surface area contributed by atoms with Crippen LogP contribution < -0.4 is 14.4 Å². The summed E-state index contributed by atoms with van der Waals surface area (Å²) in [5, 5.41) is 11.4. The molecule has 0 amide bonds. The van der Waals surface area contributed by atoms with Gasteiger partial charge in [-0.05, 0) is 25.0 Å². The number of nitro groups is 1. The van der Waals surface area contributed by atoms with E-state index in [-0.39, 0.29) is 16.7 Å². The molecule has 0 saturated carbocycles. The highest BCUT2D eigenvalue weighted by atomic mass is 16.6. The highest BCUT2D eigenvalue weighted by Crippen LogP contribution is 2.45. The van der Waals surface area contributed by atoms with E-state index in [1.165, 1.54) is 0 Å². The molecule has 1 unspecified atom stereocenters. The summed E-state index contributed by atoms with van der Waals surface area (Å²) in [5.41, 5.74) is 1.86. The van der Waals surface area contributed by atoms with Gasteiger partial charge in [-0.15, -0.1) is 0 Å². The minimum Gasteiger partial charge on any atom is -0.486 e. The fourth-order valence-electron chi connectivity index (χ4n) is 3.60. The SMILES string of the molecule is O=[N+]([O-])c1ccccc1N1CCCC1c1cccc2c1OCCO2. The Morgan fingerprint density at radius 3 is 2.79 bits per heavy atom. The maximum atomic E-state index is 11.4. The van der Waals surface area contributed by atoms with Crippen molar-refractivity contribution in [2.24, 2.45) is 0 Å². The summed E-state index contributed by atoms with van der Waals surface area (Å²) in [5.74, 6) is 1.53. The van der Waals surface area contributed by atoms with Crippen LogP contribution in [0.15, 0.2) is 42.5 Å². The average molecular weight is 326 g/mol. The van der Waals surface area contributed by atoms with Crippen molar-refractivity contribution >= 4 is 11.4 Å². The molecule has 4 rings (SSSR count). The Morgan fingerprint density at radius 2 is 1.92 bits per heavy atom. The summed E-state index contributed by atoms with van der Waals surface area (Å²) < 4.78 is 11.5. The smallest absolute Gasteiger partial charge is 0.292 e. The van der Waals surface area contributed by atoms with Crippen LogP contribution in [0.3, 0.4) is 0 Å². The van der Waals surface area contributed by atoms with E-state index in [4.69, 9.17) is 9.47 Å². The van der Waals surface area contributed by atoms with Crippen LogP contribution in [-0.2, 0) is 0 Å². The molecule has 24 heavy (non-hydrogen) atoms. The third-order valence-corrected chi connectivity index (χ3v) is 4.60. The number of hydrogen-bond acceptors (Lipinski definition) is 5. The predicted molar refractivity (Wildman–Crippen MR) is 89.8 cm³/mol. The first-order chi connectivity index (χ1) is 11.8. The first-order valence-corrected chi connectivity index (χ1v) is 8.14. The predicted octanol–water partition coefficient (Wildman–Crippen LogP) is 3.71. The molecule has 0 bridgehead atoms. The molecule has 6 nitrogen and oxygen atoms in total. The molecule has 1 fully saturated rings. The van der Waals surface area contributed by atoms with Gasteiger partial charge in [0, 0.05) is 18.2 Å². The molecular weight excluding hydrogens is 308 g/mol. The van der Waals surface area contributed by atoms with Gasteiger partial charge >= 0.3 is 0 Å². The van der Waals surface area contributed by atoms with E-state index in [1.807, 2.05) is 30.3 Å². The fourth-order valence-corrected chi connectivity index (χ4v) is 3.60. The molecule has 0 radical (unpaired) electrons. The van der Waals surface area contributed by atoms with Crippen LogP contribution in [0, 0.1) is 10.1 Å². The largest absolute Gasteiger partial charge is 0.486 e. The zero-order valence-corrected chi connectivity index (χ0v) is 13.2. The third kappa shape index (κ3) is 2.44. The summed E-state index contributed by atoms with van der Waals surface area (Å²) >= 11 is 0. The normalized spacial score (nSPS) is 19.3. The summed E-state index contributed by atoms with van der Waals surface area (Å²) in [6.45, 7) is 1.87. The van der Waals surface area contributed by atoms with Crippen molar-refractivity contribution in [2.45, 2.75) is 18.9 Å². The molecule has 2 aromatic rings. The van der Waals surface area contributed by atoms with Crippen molar-refractivity contribution in [1.29, 1.82) is 0 Å². The van der Waals surface area contributed by atoms with Crippen molar-refractivity contribution in [3.63, 3.8) is 0 Å². The van der Waals surface area contributed by atoms with Crippen LogP contribution in [-0.4, -0.2) is 24.7 Å². The summed E-state index contributed by atoms with van der Waals surface area (Å²) in [7, 11) is 0. The lowest BCUT2D eigenvalue weighted by Gasteiger charge is -2.30. The minimum absolute atomic E-state index is 0.0581. The van der Waals surface area contributed by atoms with Gasteiger partial charge in [0.2, 0.25) is 0 Å². The number of para-hydroxylation sites is 3. The Morgan fingerprint density at radius 1 is 1.08 bits per heavy atom. The summed E-state index contributed by atoms with van der Waals surface area (Å²) in [6, 6.07) is 12.9. The van der Waals surface area contributed by atoms with E-state index in [0.29, 0.717) is 18.9 Å². The zero-order chi connectivity index (χ0) is 16.5. The number of fused-ring (bicyclic) bond motifs is 1. The molecule has 0 N–H and O–H groups in total. The number of ether oxygens (including phenoxy) is 2. The Balaban J connectivity index is 1.76. The van der Waals surface area contributed by atoms with Crippen molar-refractivity contribution in [2.75, 3.05) is 24.7 Å². The van der Waals surface area contributed by atoms with Gasteiger partial charge in [-0.25, -0.2) is 0 Å². The van der Waals surface area contributed by atoms with Crippen LogP contribution in [0.5, 0.6) is 11.5 Å². The average Bonchev–Trinajstić information content (AvgIpc) is 3.10. The lowest BCUT2D eigenvalue weighted by Crippen LogP contribution is -2.25. The second kappa shape index (κ2) is 6.03. The van der Waals surface area contributed by atoms with E-state index < -0.39 is 0 Å². The fraction of sp³-hybridized carbons (Fsp3) is 0.333. The number of nitro benzene ring substituents is 1. The van der Waals surface area contributed by atoms with Crippen LogP contribution in [0.4, 0.5) is 11.4 Å². The molecule has 0 aromatic heterocycles. The van der Waals surface area contributed by atoms with Gasteiger partial charge in [0.1, 0.15) is 18.9 Å². The summed E-state index contributed by atoms with van der Waals surface area (Å²) in [4.78, 5) is 13.2. The molecular formula is C18H18N2O4. The van der Waals surface area contributed by atoms with E-state index >= 15 is 0 Å². The molecule has 0 spiro atoms. The number of nitrogens with zero attached hydrogens (tertiary/aromatic N) is 2. The lowest BCUT2D eigenvalue weighted by atomic mass is 10.0. The van der Waals surface area contributed by atoms with Gasteiger partial charge in [-0.2, -0.15) is 0 Å². The molecule has 2 aliphatic rings. The van der Waals surface area contributed by atoms with E-state index in [9.17, 15) is 10.1 Å². The number of benzene rings is 2. The third-order valence-electron chi connectivity index (χ3n) is 4.60. The van der Waals surface area contributed by atoms with Crippen LogP contribution in [0.1, 0.15) is 24.4 Å². The first kappa shape index (κ1) is 14.8. The van der Waals surface area contributed by atoms with Gasteiger partial charge in [-0.3, -0.25) is 10.1 Å². The zero-order valence-electron chi connectivity index (χ0n) is 13.2. The van der Waals surface area contributed by atoms with Crippen molar-refractivity contribution in [3.8, 4) is 11.5 Å². The van der Waals surface area contributed by atoms with Gasteiger partial charge in [-0.1, -0.05) is 24.3 Å². The molecule has 124 valence electrons. The summed E-state index contributed by atoms with van der Waals surface area (Å²) in [6.07, 6.45) is 1.92. The highest BCUT2D eigenvalue weighted by Gasteiger charge is 2.33. The number of hydrogen-bond donors (Lipinski definition) is 0. The van der Waals surface area contributed by atoms with Gasteiger partial charge in [0.15, 0.2) is 11.5 Å². The second-order valence-electron chi connectivity index (χ2n) is 5.97. The van der Waals surface area contributed by atoms with Gasteiger partial charge in [0.05, 0.1) is 11.0 Å². The molecule has 2 aliphatic heterocycles. The van der Waals surface area contributed by atoms with Crippen molar-refractivity contribution in [3.05, 3.63) is 58.1 Å². The molecule has 0 aliphatic carbocycles. The Bertz CT molecular complexity index is 777. The molecule has 2 aromatic carbocycles. The molecule has 2 heterocycles. The van der Waals surface area contributed by atoms with Crippen LogP contribution in [0.25, 0.3) is 0 Å². The Hall–Kier alpha value is -2.76. The van der Waals surface area contributed by atoms with Crippen molar-refractivity contribution in [1.82, 2.24) is 0 Å². The maximum Gasteiger partial charge on any atom is 0.292 e. The maximum absolute atomic E-state index is 11.4. The van der Waals surface area contributed by atoms with Crippen LogP contribution >= 0.6 is 0 Å². The second-order valence-corrected chi connectivity index (χ2v) is 5.97. The van der Waals surface area contributed by atoms with Gasteiger partial charge < -0.3 is 14.4 Å². The van der Waals surface area contributed by atoms with Gasteiger partial charge in [0.25, 0.3) is 5.69 Å². The Labute approximate surface area is 139 Å². The van der Waals surface area contributed by atoms with E-state index in [1.54, 1.807) is 12.1 Å². The molecule has 6 heteroatoms. The topological polar surface area (TPSA) is 64.8 Å². The standard InChI is InChI=1S/C18H18N2O4/c21-20(22)16-7-2-1-6-15(16)19-10-4-8-14(19)13-5-3-9-17-18(13)24-12-11-23-17/h1-3,5-7,9,14H,4,8,10-12H2. The first-order valence-electron chi connectivity index (χ1n) is 8.14. The molecule has 1 atom stereocenters. The Kier molecular flexibility index (Phi) is 3.72. The highest BCUT2D eigenvalue weighted by molar-refractivity contribution is 5.65.